The summed E-state index contributed by atoms with van der Waals surface area (Å²) in [5, 5.41) is 20.0. The van der Waals surface area contributed by atoms with Crippen LogP contribution in [0, 0.1) is 11.3 Å². The molecule has 27 heavy (non-hydrogen) atoms. The summed E-state index contributed by atoms with van der Waals surface area (Å²) < 4.78 is 22.5. The number of sulfonamides is 1. The van der Waals surface area contributed by atoms with E-state index in [-0.39, 0.29) is 17.0 Å². The number of nitriles is 1. The zero-order chi connectivity index (χ0) is 20.0. The smallest absolute Gasteiger partial charge is 0.262 e. The Morgan fingerprint density at radius 3 is 2.56 bits per heavy atom. The molecule has 0 aliphatic carbocycles. The fraction of sp³-hybridized carbons (Fsp3) is 0.167. The van der Waals surface area contributed by atoms with E-state index in [9.17, 15) is 18.5 Å². The lowest BCUT2D eigenvalue weighted by atomic mass is 10.1. The monoisotopic (exact) mass is 385 g/mol. The van der Waals surface area contributed by atoms with Crippen molar-refractivity contribution >= 4 is 21.8 Å². The van der Waals surface area contributed by atoms with Crippen molar-refractivity contribution in [3.05, 3.63) is 64.9 Å². The third-order valence-corrected chi connectivity index (χ3v) is 4.74. The Bertz CT molecular complexity index is 1010. The number of hydrogen-bond donors (Lipinski definition) is 3. The first-order valence-corrected chi connectivity index (χ1v) is 9.47. The summed E-state index contributed by atoms with van der Waals surface area (Å²) in [6, 6.07) is 7.69. The third kappa shape index (κ3) is 4.91. The zero-order valence-electron chi connectivity index (χ0n) is 14.9. The number of hydrogen-bond acceptors (Lipinski definition) is 5. The van der Waals surface area contributed by atoms with Gasteiger partial charge in [-0.1, -0.05) is 18.2 Å². The first kappa shape index (κ1) is 20.1. The highest BCUT2D eigenvalue weighted by Crippen LogP contribution is 2.19. The van der Waals surface area contributed by atoms with E-state index in [1.54, 1.807) is 25.4 Å². The molecule has 1 aromatic carbocycles. The van der Waals surface area contributed by atoms with Gasteiger partial charge >= 0.3 is 0 Å². The van der Waals surface area contributed by atoms with E-state index in [4.69, 9.17) is 5.14 Å². The van der Waals surface area contributed by atoms with Crippen LogP contribution in [0.4, 0.5) is 0 Å². The van der Waals surface area contributed by atoms with Crippen LogP contribution in [0.3, 0.4) is 0 Å². The van der Waals surface area contributed by atoms with Crippen molar-refractivity contribution in [2.24, 2.45) is 10.1 Å². The van der Waals surface area contributed by atoms with Crippen LogP contribution in [0.25, 0.3) is 0 Å². The first-order valence-electron chi connectivity index (χ1n) is 7.92. The molecular weight excluding hydrogens is 366 g/mol. The number of benzene rings is 1. The van der Waals surface area contributed by atoms with Gasteiger partial charge in [0.25, 0.3) is 5.91 Å². The molecule has 1 aliphatic heterocycles. The number of rotatable bonds is 5. The van der Waals surface area contributed by atoms with Crippen molar-refractivity contribution in [1.82, 2.24) is 10.6 Å². The standard InChI is InChI=1S/C18H19N5O3S/c1-3-16-14(11-22-17(16)21-2)8-13(9-19)18(24)23-10-12-4-6-15(7-5-12)27(20,25)26/h3-8,11H,10H2,1-2H3,(H,21,22)(H,23,24)(H2,20,25,26)/b13-8+,16-3-. The molecule has 0 aromatic heterocycles. The predicted molar refractivity (Wildman–Crippen MR) is 102 cm³/mol. The highest BCUT2D eigenvalue weighted by Gasteiger charge is 2.18. The van der Waals surface area contributed by atoms with E-state index in [1.165, 1.54) is 18.2 Å². The lowest BCUT2D eigenvalue weighted by Crippen LogP contribution is -2.24. The van der Waals surface area contributed by atoms with Gasteiger partial charge in [-0.3, -0.25) is 9.79 Å². The Labute approximate surface area is 157 Å². The van der Waals surface area contributed by atoms with Crippen molar-refractivity contribution in [2.75, 3.05) is 7.05 Å². The number of nitrogens with one attached hydrogen (secondary N) is 2. The van der Waals surface area contributed by atoms with Crippen LogP contribution in [0.1, 0.15) is 12.5 Å². The maximum Gasteiger partial charge on any atom is 0.262 e. The average Bonchev–Trinajstić information content (AvgIpc) is 3.05. The quantitative estimate of drug-likeness (QED) is 0.510. The Morgan fingerprint density at radius 1 is 1.37 bits per heavy atom. The molecule has 0 unspecified atom stereocenters. The topological polar surface area (TPSA) is 137 Å². The van der Waals surface area contributed by atoms with Gasteiger partial charge in [0.15, 0.2) is 0 Å². The maximum atomic E-state index is 12.3. The molecule has 0 fully saturated rings. The second kappa shape index (κ2) is 8.44. The molecule has 0 saturated heterocycles. The zero-order valence-corrected chi connectivity index (χ0v) is 15.7. The summed E-state index contributed by atoms with van der Waals surface area (Å²) in [6.07, 6.45) is 5.00. The van der Waals surface area contributed by atoms with Crippen LogP contribution in [0.15, 0.2) is 69.2 Å². The van der Waals surface area contributed by atoms with Crippen molar-refractivity contribution < 1.29 is 13.2 Å². The van der Waals surface area contributed by atoms with Crippen molar-refractivity contribution in [1.29, 1.82) is 5.26 Å². The summed E-state index contributed by atoms with van der Waals surface area (Å²) >= 11 is 0. The lowest BCUT2D eigenvalue weighted by Gasteiger charge is -2.06. The minimum absolute atomic E-state index is 0.0110. The van der Waals surface area contributed by atoms with E-state index in [1.807, 2.05) is 19.1 Å². The van der Waals surface area contributed by atoms with Crippen LogP contribution in [0.5, 0.6) is 0 Å². The van der Waals surface area contributed by atoms with Crippen LogP contribution in [-0.2, 0) is 21.4 Å². The molecule has 4 N–H and O–H groups in total. The van der Waals surface area contributed by atoms with E-state index < -0.39 is 15.9 Å². The Kier molecular flexibility index (Phi) is 6.28. The minimum atomic E-state index is -3.76. The van der Waals surface area contributed by atoms with Gasteiger partial charge in [-0.05, 0) is 30.7 Å². The predicted octanol–water partition coefficient (Wildman–Crippen LogP) is 0.862. The summed E-state index contributed by atoms with van der Waals surface area (Å²) in [5.74, 6) is 0.127. The molecule has 0 radical (unpaired) electrons. The van der Waals surface area contributed by atoms with E-state index in [0.29, 0.717) is 17.0 Å². The third-order valence-electron chi connectivity index (χ3n) is 3.81. The summed E-state index contributed by atoms with van der Waals surface area (Å²) in [6.45, 7) is 1.98. The van der Waals surface area contributed by atoms with Gasteiger partial charge in [-0.15, -0.1) is 0 Å². The van der Waals surface area contributed by atoms with Gasteiger partial charge in [0, 0.05) is 30.9 Å². The molecule has 8 nitrogen and oxygen atoms in total. The average molecular weight is 385 g/mol. The number of allylic oxidation sites excluding steroid dienone is 2. The van der Waals surface area contributed by atoms with Crippen LogP contribution in [-0.4, -0.2) is 27.2 Å². The molecule has 1 amide bonds. The molecule has 1 aliphatic rings. The van der Waals surface area contributed by atoms with Crippen molar-refractivity contribution in [3.63, 3.8) is 0 Å². The van der Waals surface area contributed by atoms with E-state index in [2.05, 4.69) is 15.6 Å². The Balaban J connectivity index is 2.09. The molecule has 2 rings (SSSR count). The first-order chi connectivity index (χ1) is 12.8. The number of primary sulfonamides is 1. The summed E-state index contributed by atoms with van der Waals surface area (Å²) in [7, 11) is -2.12. The van der Waals surface area contributed by atoms with Gasteiger partial charge in [0.05, 0.1) is 4.90 Å². The van der Waals surface area contributed by atoms with Gasteiger partial charge in [-0.2, -0.15) is 5.26 Å². The normalized spacial score (nSPS) is 17.4. The highest BCUT2D eigenvalue weighted by atomic mass is 32.2. The maximum absolute atomic E-state index is 12.3. The lowest BCUT2D eigenvalue weighted by molar-refractivity contribution is -0.117. The molecule has 1 heterocycles. The number of amides is 1. The number of nitrogens with zero attached hydrogens (tertiary/aromatic N) is 2. The number of carbonyl (C=O) groups is 1. The van der Waals surface area contributed by atoms with Crippen LogP contribution >= 0.6 is 0 Å². The molecule has 140 valence electrons. The second-order valence-electron chi connectivity index (χ2n) is 5.56. The summed E-state index contributed by atoms with van der Waals surface area (Å²) in [4.78, 5) is 16.4. The van der Waals surface area contributed by atoms with Gasteiger partial charge in [-0.25, -0.2) is 13.6 Å². The number of carbonyl (C=O) groups excluding carboxylic acids is 1. The Morgan fingerprint density at radius 2 is 2.04 bits per heavy atom. The molecule has 0 atom stereocenters. The largest absolute Gasteiger partial charge is 0.347 e. The molecule has 0 spiro atoms. The van der Waals surface area contributed by atoms with Gasteiger partial charge in [0.2, 0.25) is 10.0 Å². The SMILES string of the molecule is C/C=C1/C(/C=C(\C#N)C(=O)NCc2ccc(S(N)(=O)=O)cc2)=CN/C1=N/C. The minimum Gasteiger partial charge on any atom is -0.347 e. The van der Waals surface area contributed by atoms with E-state index in [0.717, 1.165) is 5.57 Å². The van der Waals surface area contributed by atoms with Gasteiger partial charge < -0.3 is 10.6 Å². The molecule has 0 saturated carbocycles. The molecule has 9 heteroatoms. The second-order valence-corrected chi connectivity index (χ2v) is 7.12. The van der Waals surface area contributed by atoms with Gasteiger partial charge in [0.1, 0.15) is 17.5 Å². The highest BCUT2D eigenvalue weighted by molar-refractivity contribution is 7.89. The molecular formula is C18H19N5O3S. The fourth-order valence-electron chi connectivity index (χ4n) is 2.42. The number of nitrogens with two attached hydrogens (primary N) is 1. The van der Waals surface area contributed by atoms with Crippen molar-refractivity contribution in [3.8, 4) is 6.07 Å². The number of amidine groups is 1. The van der Waals surface area contributed by atoms with E-state index >= 15 is 0 Å². The number of aliphatic imine (C=N–C) groups is 1. The van der Waals surface area contributed by atoms with Crippen LogP contribution < -0.4 is 15.8 Å². The van der Waals surface area contributed by atoms with Crippen molar-refractivity contribution in [2.45, 2.75) is 18.4 Å². The summed E-state index contributed by atoms with van der Waals surface area (Å²) in [5.41, 5.74) is 2.10. The molecule has 1 aromatic rings. The molecule has 0 bridgehead atoms. The van der Waals surface area contributed by atoms with Crippen LogP contribution in [0.2, 0.25) is 0 Å². The Hall–Kier alpha value is -3.22. The fourth-order valence-corrected chi connectivity index (χ4v) is 2.94.